The first-order valence-electron chi connectivity index (χ1n) is 16.0. The molecule has 262 valence electrons. The van der Waals surface area contributed by atoms with E-state index in [1.807, 2.05) is 0 Å². The lowest BCUT2D eigenvalue weighted by atomic mass is 9.81. The number of rotatable bonds is 10. The predicted molar refractivity (Wildman–Crippen MR) is 186 cm³/mol. The fourth-order valence-electron chi connectivity index (χ4n) is 6.13. The summed E-state index contributed by atoms with van der Waals surface area (Å²) in [6.45, 7) is 4.53. The first kappa shape index (κ1) is 38.9. The van der Waals surface area contributed by atoms with Crippen molar-refractivity contribution in [1.29, 1.82) is 0 Å². The van der Waals surface area contributed by atoms with E-state index in [4.69, 9.17) is 88.6 Å². The average Bonchev–Trinajstić information content (AvgIpc) is 3.07. The van der Waals surface area contributed by atoms with E-state index in [1.54, 1.807) is 0 Å². The number of halogens is 6. The van der Waals surface area contributed by atoms with Crippen LogP contribution in [0.3, 0.4) is 0 Å². The molecule has 2 fully saturated rings. The molecule has 0 amide bonds. The maximum absolute atomic E-state index is 13.2. The van der Waals surface area contributed by atoms with E-state index < -0.39 is 46.5 Å². The van der Waals surface area contributed by atoms with Crippen molar-refractivity contribution < 1.29 is 38.1 Å². The van der Waals surface area contributed by atoms with Crippen LogP contribution < -0.4 is 9.47 Å². The summed E-state index contributed by atoms with van der Waals surface area (Å²) in [6, 6.07) is 2.28. The highest BCUT2D eigenvalue weighted by Crippen LogP contribution is 2.42. The molecule has 0 unspecified atom stereocenters. The molecular formula is C34H36Cl6O8. The summed E-state index contributed by atoms with van der Waals surface area (Å²) in [5.74, 6) is -4.67. The monoisotopic (exact) mass is 782 g/mol. The molecule has 2 aromatic rings. The number of benzene rings is 2. The molecule has 0 saturated heterocycles. The van der Waals surface area contributed by atoms with E-state index in [9.17, 15) is 19.2 Å². The highest BCUT2D eigenvalue weighted by molar-refractivity contribution is 6.47. The molecule has 48 heavy (non-hydrogen) atoms. The van der Waals surface area contributed by atoms with Crippen molar-refractivity contribution in [2.24, 2.45) is 23.7 Å². The van der Waals surface area contributed by atoms with Crippen LogP contribution in [0.2, 0.25) is 30.1 Å². The van der Waals surface area contributed by atoms with Gasteiger partial charge in [0.25, 0.3) is 0 Å². The number of hydrogen-bond donors (Lipinski definition) is 0. The van der Waals surface area contributed by atoms with Gasteiger partial charge < -0.3 is 18.9 Å². The Kier molecular flexibility index (Phi) is 14.4. The summed E-state index contributed by atoms with van der Waals surface area (Å²) < 4.78 is 21.5. The Bertz CT molecular complexity index is 1420. The summed E-state index contributed by atoms with van der Waals surface area (Å²) in [5, 5.41) is -1.40. The topological polar surface area (TPSA) is 105 Å². The van der Waals surface area contributed by atoms with E-state index in [-0.39, 0.29) is 55.2 Å². The molecule has 2 aliphatic carbocycles. The lowest BCUT2D eigenvalue weighted by molar-refractivity contribution is -0.156. The maximum atomic E-state index is 13.2. The van der Waals surface area contributed by atoms with Crippen LogP contribution >= 0.6 is 69.6 Å². The molecule has 0 atom stereocenters. The summed E-state index contributed by atoms with van der Waals surface area (Å²) >= 11 is 37.6. The molecule has 0 bridgehead atoms. The Morgan fingerprint density at radius 2 is 0.854 bits per heavy atom. The summed E-state index contributed by atoms with van der Waals surface area (Å²) in [6.07, 6.45) is 9.95. The van der Waals surface area contributed by atoms with Gasteiger partial charge in [0.15, 0.2) is 11.5 Å². The maximum Gasteiger partial charge on any atom is 0.423 e. The van der Waals surface area contributed by atoms with Crippen LogP contribution in [-0.4, -0.2) is 37.1 Å². The van der Waals surface area contributed by atoms with Gasteiger partial charge in [-0.1, -0.05) is 122 Å². The molecule has 2 aromatic carbocycles. The van der Waals surface area contributed by atoms with Crippen molar-refractivity contribution in [2.45, 2.75) is 78.1 Å². The number of hydrogen-bond acceptors (Lipinski definition) is 8. The number of carbonyl (C=O) groups excluding carboxylic acids is 4. The minimum absolute atomic E-state index is 0.108. The zero-order valence-electron chi connectivity index (χ0n) is 26.5. The van der Waals surface area contributed by atoms with Gasteiger partial charge in [-0.2, -0.15) is 0 Å². The molecule has 0 heterocycles. The Morgan fingerprint density at radius 1 is 0.542 bits per heavy atom. The van der Waals surface area contributed by atoms with Crippen LogP contribution in [0.15, 0.2) is 12.1 Å². The molecule has 0 N–H and O–H groups in total. The zero-order chi connectivity index (χ0) is 35.1. The fraction of sp³-hybridized carbons (Fsp3) is 0.529. The van der Waals surface area contributed by atoms with Crippen LogP contribution in [0.4, 0.5) is 0 Å². The van der Waals surface area contributed by atoms with Crippen molar-refractivity contribution in [3.05, 3.63) is 53.4 Å². The first-order chi connectivity index (χ1) is 22.8. The highest BCUT2D eigenvalue weighted by Gasteiger charge is 2.33. The number of esters is 4. The predicted octanol–water partition coefficient (Wildman–Crippen LogP) is 10.9. The summed E-state index contributed by atoms with van der Waals surface area (Å²) in [5.41, 5.74) is -0.885. The van der Waals surface area contributed by atoms with Crippen molar-refractivity contribution in [3.63, 3.8) is 0 Å². The quantitative estimate of drug-likeness (QED) is 0.101. The van der Waals surface area contributed by atoms with Gasteiger partial charge in [-0.15, -0.1) is 0 Å². The lowest BCUT2D eigenvalue weighted by Gasteiger charge is -2.27. The largest absolute Gasteiger partial charge is 0.462 e. The highest BCUT2D eigenvalue weighted by atomic mass is 35.5. The summed E-state index contributed by atoms with van der Waals surface area (Å²) in [7, 11) is 0. The number of ether oxygens (including phenoxy) is 4. The Morgan fingerprint density at radius 3 is 1.17 bits per heavy atom. The van der Waals surface area contributed by atoms with Crippen LogP contribution in [0.25, 0.3) is 0 Å². The second-order valence-electron chi connectivity index (χ2n) is 12.3. The van der Waals surface area contributed by atoms with Gasteiger partial charge in [-0.05, 0) is 61.5 Å². The van der Waals surface area contributed by atoms with Crippen LogP contribution in [0, 0.1) is 23.7 Å². The van der Waals surface area contributed by atoms with Gasteiger partial charge in [0.1, 0.15) is 11.1 Å². The van der Waals surface area contributed by atoms with E-state index in [0.29, 0.717) is 11.8 Å². The van der Waals surface area contributed by atoms with Gasteiger partial charge in [-0.3, -0.25) is 0 Å². The molecule has 2 saturated carbocycles. The molecule has 4 rings (SSSR count). The van der Waals surface area contributed by atoms with Crippen molar-refractivity contribution in [1.82, 2.24) is 0 Å². The molecule has 2 aliphatic rings. The van der Waals surface area contributed by atoms with Crippen LogP contribution in [0.1, 0.15) is 98.8 Å². The molecule has 0 radical (unpaired) electrons. The van der Waals surface area contributed by atoms with Crippen LogP contribution in [-0.2, 0) is 19.1 Å². The zero-order valence-corrected chi connectivity index (χ0v) is 31.0. The van der Waals surface area contributed by atoms with Gasteiger partial charge in [0.05, 0.1) is 43.3 Å². The molecule has 0 spiro atoms. The first-order valence-corrected chi connectivity index (χ1v) is 18.2. The summed E-state index contributed by atoms with van der Waals surface area (Å²) in [4.78, 5) is 52.5. The van der Waals surface area contributed by atoms with Crippen molar-refractivity contribution >= 4 is 93.5 Å². The Labute approximate surface area is 309 Å². The van der Waals surface area contributed by atoms with Crippen molar-refractivity contribution in [2.75, 3.05) is 13.2 Å². The third kappa shape index (κ3) is 9.64. The molecule has 8 nitrogen and oxygen atoms in total. The Balaban J connectivity index is 1.49. The second kappa shape index (κ2) is 17.8. The molecule has 0 aromatic heterocycles. The van der Waals surface area contributed by atoms with Gasteiger partial charge in [0.2, 0.25) is 0 Å². The fourth-order valence-corrected chi connectivity index (χ4v) is 7.57. The smallest absolute Gasteiger partial charge is 0.423 e. The standard InChI is InChI=1S/C34H36Cl6O8/c1-3-17-5-9-19(10-6-17)15-45-31(41)25-27(39)21(35)13-23(37)29(25)47-33(43)34(44)48-30-24(38)14-22(36)28(40)26(30)32(42)46-16-20-11-7-18(4-2)8-12-20/h13-14,17-20H,3-12,15-16H2,1-2H3. The van der Waals surface area contributed by atoms with Gasteiger partial charge in [0, 0.05) is 0 Å². The SMILES string of the molecule is CCC1CCC(COC(=O)c2c(Cl)c(Cl)cc(Cl)c2OC(=O)C(=O)Oc2c(Cl)cc(Cl)c(Cl)c2C(=O)OCC2CCC(CC)CC2)CC1. The third-order valence-corrected chi connectivity index (χ3v) is 11.3. The van der Waals surface area contributed by atoms with E-state index >= 15 is 0 Å². The molecular weight excluding hydrogens is 749 g/mol. The molecule has 14 heteroatoms. The minimum atomic E-state index is -1.63. The van der Waals surface area contributed by atoms with Crippen LogP contribution in [0.5, 0.6) is 11.5 Å². The van der Waals surface area contributed by atoms with Gasteiger partial charge in [-0.25, -0.2) is 19.2 Å². The van der Waals surface area contributed by atoms with E-state index in [2.05, 4.69) is 13.8 Å². The normalized spacial score (nSPS) is 20.9. The Hall–Kier alpha value is -1.94. The third-order valence-electron chi connectivity index (χ3n) is 9.21. The second-order valence-corrected chi connectivity index (χ2v) is 14.7. The van der Waals surface area contributed by atoms with E-state index in [1.165, 1.54) is 0 Å². The average molecular weight is 785 g/mol. The molecule has 0 aliphatic heterocycles. The van der Waals surface area contributed by atoms with Gasteiger partial charge >= 0.3 is 23.9 Å². The lowest BCUT2D eigenvalue weighted by Crippen LogP contribution is -2.28. The van der Waals surface area contributed by atoms with E-state index in [0.717, 1.165) is 76.3 Å². The van der Waals surface area contributed by atoms with Crippen molar-refractivity contribution in [3.8, 4) is 11.5 Å². The minimum Gasteiger partial charge on any atom is -0.462 e. The number of carbonyl (C=O) groups is 4.